The number of nitrogens with one attached hydrogen (secondary N) is 3. The first-order valence-corrected chi connectivity index (χ1v) is 6.74. The molecule has 1 aliphatic rings. The predicted molar refractivity (Wildman–Crippen MR) is 59.4 cm³/mol. The second-order valence-electron chi connectivity index (χ2n) is 4.34. The van der Waals surface area contributed by atoms with Crippen molar-refractivity contribution in [2.24, 2.45) is 0 Å². The van der Waals surface area contributed by atoms with Crippen LogP contribution in [0.25, 0.3) is 0 Å². The van der Waals surface area contributed by atoms with Crippen molar-refractivity contribution in [2.75, 3.05) is 13.1 Å². The fourth-order valence-electron chi connectivity index (χ4n) is 1.85. The number of aromatic nitrogens is 2. The van der Waals surface area contributed by atoms with E-state index in [9.17, 15) is 8.42 Å². The number of nitrogens with zero attached hydrogens (tertiary/aromatic N) is 1. The van der Waals surface area contributed by atoms with E-state index < -0.39 is 10.0 Å². The van der Waals surface area contributed by atoms with Crippen LogP contribution in [0, 0.1) is 0 Å². The molecule has 2 rings (SSSR count). The van der Waals surface area contributed by atoms with Crippen molar-refractivity contribution in [3.8, 4) is 0 Å². The SMILES string of the molecule is CC1(NS(=O)(=O)c2ccn[nH]2)CCNCC1. The van der Waals surface area contributed by atoms with E-state index in [1.165, 1.54) is 12.3 Å². The summed E-state index contributed by atoms with van der Waals surface area (Å²) < 4.78 is 26.7. The molecular weight excluding hydrogens is 228 g/mol. The van der Waals surface area contributed by atoms with Crippen LogP contribution in [0.2, 0.25) is 0 Å². The van der Waals surface area contributed by atoms with Crippen molar-refractivity contribution in [2.45, 2.75) is 30.3 Å². The average Bonchev–Trinajstić information content (AvgIpc) is 2.70. The summed E-state index contributed by atoms with van der Waals surface area (Å²) in [7, 11) is -3.47. The molecule has 7 heteroatoms. The molecule has 0 aliphatic carbocycles. The molecule has 0 radical (unpaired) electrons. The third-order valence-corrected chi connectivity index (χ3v) is 4.42. The summed E-state index contributed by atoms with van der Waals surface area (Å²) in [5, 5.41) is 9.44. The first kappa shape index (κ1) is 11.6. The molecule has 0 saturated carbocycles. The Balaban J connectivity index is 2.14. The van der Waals surface area contributed by atoms with Gasteiger partial charge in [0.25, 0.3) is 10.0 Å². The molecule has 3 N–H and O–H groups in total. The lowest BCUT2D eigenvalue weighted by molar-refractivity contribution is 0.307. The zero-order chi connectivity index (χ0) is 11.6. The highest BCUT2D eigenvalue weighted by Crippen LogP contribution is 2.20. The van der Waals surface area contributed by atoms with Crippen LogP contribution >= 0.6 is 0 Å². The Morgan fingerprint density at radius 3 is 2.69 bits per heavy atom. The molecule has 0 atom stereocenters. The van der Waals surface area contributed by atoms with Crippen LogP contribution in [0.3, 0.4) is 0 Å². The van der Waals surface area contributed by atoms with Crippen molar-refractivity contribution in [3.63, 3.8) is 0 Å². The van der Waals surface area contributed by atoms with E-state index in [-0.39, 0.29) is 10.6 Å². The van der Waals surface area contributed by atoms with E-state index >= 15 is 0 Å². The third-order valence-electron chi connectivity index (χ3n) is 2.85. The first-order valence-electron chi connectivity index (χ1n) is 5.26. The van der Waals surface area contributed by atoms with Crippen LogP contribution in [0.1, 0.15) is 19.8 Å². The molecule has 0 unspecified atom stereocenters. The van der Waals surface area contributed by atoms with Gasteiger partial charge in [-0.1, -0.05) is 0 Å². The highest BCUT2D eigenvalue weighted by molar-refractivity contribution is 7.89. The Morgan fingerprint density at radius 1 is 1.44 bits per heavy atom. The molecule has 0 bridgehead atoms. The molecule has 0 aromatic carbocycles. The van der Waals surface area contributed by atoms with Crippen LogP contribution in [0.4, 0.5) is 0 Å². The lowest BCUT2D eigenvalue weighted by atomic mass is 9.92. The Hall–Kier alpha value is -0.920. The Kier molecular flexibility index (Phi) is 3.00. The molecule has 2 heterocycles. The van der Waals surface area contributed by atoms with E-state index in [4.69, 9.17) is 0 Å². The minimum atomic E-state index is -3.47. The highest BCUT2D eigenvalue weighted by Gasteiger charge is 2.32. The third kappa shape index (κ3) is 2.42. The van der Waals surface area contributed by atoms with Gasteiger partial charge in [-0.3, -0.25) is 5.10 Å². The fraction of sp³-hybridized carbons (Fsp3) is 0.667. The molecule has 1 saturated heterocycles. The molecule has 0 amide bonds. The predicted octanol–water partition coefficient (Wildman–Crippen LogP) is -0.170. The maximum absolute atomic E-state index is 12.0. The maximum Gasteiger partial charge on any atom is 0.257 e. The number of piperidine rings is 1. The Bertz CT molecular complexity index is 434. The quantitative estimate of drug-likeness (QED) is 0.689. The van der Waals surface area contributed by atoms with Gasteiger partial charge in [0.2, 0.25) is 0 Å². The lowest BCUT2D eigenvalue weighted by Gasteiger charge is -2.34. The van der Waals surface area contributed by atoms with Gasteiger partial charge in [-0.2, -0.15) is 5.10 Å². The summed E-state index contributed by atoms with van der Waals surface area (Å²) in [5.74, 6) is 0. The van der Waals surface area contributed by atoms with Crippen LogP contribution in [-0.4, -0.2) is 37.2 Å². The van der Waals surface area contributed by atoms with Gasteiger partial charge in [0.1, 0.15) is 0 Å². The average molecular weight is 244 g/mol. The normalized spacial score (nSPS) is 20.8. The van der Waals surface area contributed by atoms with E-state index in [1.54, 1.807) is 0 Å². The van der Waals surface area contributed by atoms with Gasteiger partial charge >= 0.3 is 0 Å². The van der Waals surface area contributed by atoms with E-state index in [0.29, 0.717) is 0 Å². The molecule has 1 aromatic heterocycles. The number of sulfonamides is 1. The number of hydrogen-bond acceptors (Lipinski definition) is 4. The summed E-state index contributed by atoms with van der Waals surface area (Å²) in [4.78, 5) is 0. The summed E-state index contributed by atoms with van der Waals surface area (Å²) in [5.41, 5.74) is -0.366. The second kappa shape index (κ2) is 4.15. The Labute approximate surface area is 94.9 Å². The van der Waals surface area contributed by atoms with Crippen LogP contribution in [0.5, 0.6) is 0 Å². The molecule has 6 nitrogen and oxygen atoms in total. The highest BCUT2D eigenvalue weighted by atomic mass is 32.2. The van der Waals surface area contributed by atoms with Crippen LogP contribution in [0.15, 0.2) is 17.3 Å². The van der Waals surface area contributed by atoms with Gasteiger partial charge in [-0.25, -0.2) is 13.1 Å². The van der Waals surface area contributed by atoms with Gasteiger partial charge in [0.05, 0.1) is 6.20 Å². The largest absolute Gasteiger partial charge is 0.317 e. The molecular formula is C9H16N4O2S. The number of rotatable bonds is 3. The summed E-state index contributed by atoms with van der Waals surface area (Å²) in [6.45, 7) is 3.60. The Morgan fingerprint density at radius 2 is 2.12 bits per heavy atom. The van der Waals surface area contributed by atoms with Crippen LogP contribution < -0.4 is 10.0 Å². The van der Waals surface area contributed by atoms with Crippen LogP contribution in [-0.2, 0) is 10.0 Å². The van der Waals surface area contributed by atoms with E-state index in [0.717, 1.165) is 25.9 Å². The number of aromatic amines is 1. The van der Waals surface area contributed by atoms with Gasteiger partial charge in [0.15, 0.2) is 5.03 Å². The molecule has 0 spiro atoms. The molecule has 90 valence electrons. The van der Waals surface area contributed by atoms with Gasteiger partial charge in [0, 0.05) is 5.54 Å². The summed E-state index contributed by atoms with van der Waals surface area (Å²) >= 11 is 0. The van der Waals surface area contributed by atoms with Crippen molar-refractivity contribution < 1.29 is 8.42 Å². The van der Waals surface area contributed by atoms with Gasteiger partial charge in [-0.05, 0) is 38.9 Å². The lowest BCUT2D eigenvalue weighted by Crippen LogP contribution is -2.52. The van der Waals surface area contributed by atoms with E-state index in [1.807, 2.05) is 6.92 Å². The molecule has 1 fully saturated rings. The van der Waals surface area contributed by atoms with Crippen molar-refractivity contribution in [1.82, 2.24) is 20.2 Å². The minimum Gasteiger partial charge on any atom is -0.317 e. The first-order chi connectivity index (χ1) is 7.52. The maximum atomic E-state index is 12.0. The summed E-state index contributed by atoms with van der Waals surface area (Å²) in [6.07, 6.45) is 3.01. The minimum absolute atomic E-state index is 0.118. The van der Waals surface area contributed by atoms with E-state index in [2.05, 4.69) is 20.2 Å². The van der Waals surface area contributed by atoms with Gasteiger partial charge < -0.3 is 5.32 Å². The van der Waals surface area contributed by atoms with Crippen molar-refractivity contribution in [3.05, 3.63) is 12.3 Å². The van der Waals surface area contributed by atoms with Crippen molar-refractivity contribution >= 4 is 10.0 Å². The fourth-order valence-corrected chi connectivity index (χ4v) is 3.23. The molecule has 1 aromatic rings. The monoisotopic (exact) mass is 244 g/mol. The number of H-pyrrole nitrogens is 1. The smallest absolute Gasteiger partial charge is 0.257 e. The topological polar surface area (TPSA) is 86.9 Å². The second-order valence-corrected chi connectivity index (χ2v) is 5.99. The zero-order valence-corrected chi connectivity index (χ0v) is 9.97. The van der Waals surface area contributed by atoms with Gasteiger partial charge in [-0.15, -0.1) is 0 Å². The zero-order valence-electron chi connectivity index (χ0n) is 9.16. The molecule has 16 heavy (non-hydrogen) atoms. The number of hydrogen-bond donors (Lipinski definition) is 3. The van der Waals surface area contributed by atoms with Crippen molar-refractivity contribution in [1.29, 1.82) is 0 Å². The summed E-state index contributed by atoms with van der Waals surface area (Å²) in [6, 6.07) is 1.45. The standard InChI is InChI=1S/C9H16N4O2S/c1-9(3-6-10-7-4-9)13-16(14,15)8-2-5-11-12-8/h2,5,10,13H,3-4,6-7H2,1H3,(H,11,12). The molecule has 1 aliphatic heterocycles.